The largest absolute Gasteiger partial charge is 0.410 e. The fraction of sp³-hybridized carbons (Fsp3) is 0.208. The van der Waals surface area contributed by atoms with Crippen LogP contribution in [0.5, 0.6) is 0 Å². The van der Waals surface area contributed by atoms with Crippen molar-refractivity contribution in [2.45, 2.75) is 31.6 Å². The number of fused-ring (bicyclic) bond motifs is 1. The van der Waals surface area contributed by atoms with Gasteiger partial charge in [-0.2, -0.15) is 23.4 Å². The van der Waals surface area contributed by atoms with Gasteiger partial charge in [0, 0.05) is 12.5 Å². The molecule has 2 aromatic heterocycles. The molecule has 4 aromatic rings. The summed E-state index contributed by atoms with van der Waals surface area (Å²) in [7, 11) is 0. The topological polar surface area (TPSA) is 76.8 Å². The second kappa shape index (κ2) is 8.36. The van der Waals surface area contributed by atoms with E-state index < -0.39 is 24.2 Å². The zero-order chi connectivity index (χ0) is 23.9. The normalized spacial score (nSPS) is 17.6. The number of rotatable bonds is 4. The molecule has 0 radical (unpaired) electrons. The molecule has 2 N–H and O–H groups in total. The first-order valence-corrected chi connectivity index (χ1v) is 10.7. The van der Waals surface area contributed by atoms with Crippen LogP contribution in [0.4, 0.5) is 24.8 Å². The highest BCUT2D eigenvalue weighted by Crippen LogP contribution is 2.44. The number of hydrogen-bond acceptors (Lipinski definition) is 4. The van der Waals surface area contributed by atoms with Crippen molar-refractivity contribution in [3.8, 4) is 5.69 Å². The smallest absolute Gasteiger partial charge is 0.363 e. The number of aryl methyl sites for hydroxylation is 1. The number of carbonyl (C=O) groups is 1. The molecule has 1 aliphatic heterocycles. The van der Waals surface area contributed by atoms with Crippen LogP contribution >= 0.6 is 0 Å². The average molecular weight is 466 g/mol. The maximum absolute atomic E-state index is 13.9. The number of aromatic nitrogens is 4. The Kier molecular flexibility index (Phi) is 5.35. The number of nitrogens with one attached hydrogen (secondary N) is 2. The zero-order valence-electron chi connectivity index (χ0n) is 18.1. The van der Waals surface area contributed by atoms with Crippen molar-refractivity contribution in [3.05, 3.63) is 89.7 Å². The summed E-state index contributed by atoms with van der Waals surface area (Å²) in [6.07, 6.45) is -3.59. The van der Waals surface area contributed by atoms with E-state index in [9.17, 15) is 18.0 Å². The van der Waals surface area contributed by atoms with E-state index >= 15 is 0 Å². The molecular weight excluding hydrogens is 445 g/mol. The maximum Gasteiger partial charge on any atom is 0.410 e. The summed E-state index contributed by atoms with van der Waals surface area (Å²) in [5.74, 6) is -0.153. The van der Waals surface area contributed by atoms with E-state index in [4.69, 9.17) is 0 Å². The van der Waals surface area contributed by atoms with Crippen molar-refractivity contribution >= 4 is 17.5 Å². The van der Waals surface area contributed by atoms with Crippen molar-refractivity contribution < 1.29 is 18.0 Å². The summed E-state index contributed by atoms with van der Waals surface area (Å²) in [5.41, 5.74) is 2.14. The number of carbonyl (C=O) groups excluding carboxylic acids is 1. The third-order valence-electron chi connectivity index (χ3n) is 5.76. The quantitative estimate of drug-likeness (QED) is 0.429. The molecule has 0 saturated heterocycles. The molecule has 1 aliphatic rings. The molecule has 0 unspecified atom stereocenters. The van der Waals surface area contributed by atoms with Crippen molar-refractivity contribution in [2.24, 2.45) is 0 Å². The van der Waals surface area contributed by atoms with E-state index in [0.717, 1.165) is 10.4 Å². The molecule has 0 aliphatic carbocycles. The van der Waals surface area contributed by atoms with Crippen LogP contribution in [0.25, 0.3) is 5.69 Å². The van der Waals surface area contributed by atoms with Crippen molar-refractivity contribution in [3.63, 3.8) is 0 Å². The lowest BCUT2D eigenvalue weighted by Crippen LogP contribution is -2.36. The van der Waals surface area contributed by atoms with Gasteiger partial charge in [0.1, 0.15) is 17.2 Å². The first-order chi connectivity index (χ1) is 16.3. The molecular formula is C24H21F3N6O. The SMILES string of the molecule is Cc1cc(NC(=O)c2cnn3c2N[C@@H](c2ccccc2)C[C@H]3C(F)(F)F)n(-c2ccccc2)n1. The van der Waals surface area contributed by atoms with Crippen LogP contribution in [0.3, 0.4) is 0 Å². The second-order valence-corrected chi connectivity index (χ2v) is 8.12. The summed E-state index contributed by atoms with van der Waals surface area (Å²) >= 11 is 0. The second-order valence-electron chi connectivity index (χ2n) is 8.12. The van der Waals surface area contributed by atoms with Crippen LogP contribution in [-0.4, -0.2) is 31.6 Å². The third-order valence-corrected chi connectivity index (χ3v) is 5.76. The Morgan fingerprint density at radius 2 is 1.76 bits per heavy atom. The minimum Gasteiger partial charge on any atom is -0.363 e. The lowest BCUT2D eigenvalue weighted by Gasteiger charge is -2.34. The highest BCUT2D eigenvalue weighted by Gasteiger charge is 2.47. The molecule has 10 heteroatoms. The minimum absolute atomic E-state index is 0.0216. The van der Waals surface area contributed by atoms with E-state index in [1.807, 2.05) is 30.3 Å². The Labute approximate surface area is 193 Å². The monoisotopic (exact) mass is 466 g/mol. The average Bonchev–Trinajstić information content (AvgIpc) is 3.42. The van der Waals surface area contributed by atoms with E-state index in [1.165, 1.54) is 6.20 Å². The number of halogens is 3. The van der Waals surface area contributed by atoms with Gasteiger partial charge >= 0.3 is 6.18 Å². The number of hydrogen-bond donors (Lipinski definition) is 2. The molecule has 2 atom stereocenters. The van der Waals surface area contributed by atoms with Gasteiger partial charge in [-0.1, -0.05) is 48.5 Å². The molecule has 2 aromatic carbocycles. The van der Waals surface area contributed by atoms with Crippen molar-refractivity contribution in [1.82, 2.24) is 19.6 Å². The lowest BCUT2D eigenvalue weighted by molar-refractivity contribution is -0.173. The Morgan fingerprint density at radius 1 is 1.09 bits per heavy atom. The summed E-state index contributed by atoms with van der Waals surface area (Å²) in [6.45, 7) is 1.79. The predicted octanol–water partition coefficient (Wildman–Crippen LogP) is 5.29. The Balaban J connectivity index is 1.49. The summed E-state index contributed by atoms with van der Waals surface area (Å²) < 4.78 is 44.2. The number of nitrogens with zero attached hydrogens (tertiary/aromatic N) is 4. The van der Waals surface area contributed by atoms with E-state index in [0.29, 0.717) is 17.1 Å². The van der Waals surface area contributed by atoms with Crippen LogP contribution < -0.4 is 10.6 Å². The number of benzene rings is 2. The number of anilines is 2. The van der Waals surface area contributed by atoms with Gasteiger partial charge in [-0.15, -0.1) is 0 Å². The maximum atomic E-state index is 13.9. The molecule has 0 spiro atoms. The first-order valence-electron chi connectivity index (χ1n) is 10.7. The van der Waals surface area contributed by atoms with Gasteiger partial charge in [0.15, 0.2) is 6.04 Å². The zero-order valence-corrected chi connectivity index (χ0v) is 18.1. The highest BCUT2D eigenvalue weighted by atomic mass is 19.4. The van der Waals surface area contributed by atoms with E-state index in [2.05, 4.69) is 20.8 Å². The van der Waals surface area contributed by atoms with Gasteiger partial charge < -0.3 is 10.6 Å². The lowest BCUT2D eigenvalue weighted by atomic mass is 9.96. The molecule has 1 amide bonds. The minimum atomic E-state index is -4.52. The predicted molar refractivity (Wildman–Crippen MR) is 121 cm³/mol. The fourth-order valence-corrected chi connectivity index (χ4v) is 4.17. The summed E-state index contributed by atoms with van der Waals surface area (Å²) in [4.78, 5) is 13.2. The van der Waals surface area contributed by atoms with Crippen LogP contribution in [0, 0.1) is 6.92 Å². The number of para-hydroxylation sites is 1. The van der Waals surface area contributed by atoms with Crippen LogP contribution in [0.1, 0.15) is 40.1 Å². The van der Waals surface area contributed by atoms with Gasteiger partial charge in [-0.25, -0.2) is 9.36 Å². The molecule has 3 heterocycles. The molecule has 0 fully saturated rings. The van der Waals surface area contributed by atoms with Gasteiger partial charge in [-0.3, -0.25) is 4.79 Å². The van der Waals surface area contributed by atoms with Gasteiger partial charge in [0.05, 0.1) is 23.6 Å². The van der Waals surface area contributed by atoms with Gasteiger partial charge in [0.25, 0.3) is 5.91 Å². The fourth-order valence-electron chi connectivity index (χ4n) is 4.17. The summed E-state index contributed by atoms with van der Waals surface area (Å²) in [6, 6.07) is 17.3. The number of alkyl halides is 3. The molecule has 5 rings (SSSR count). The van der Waals surface area contributed by atoms with E-state index in [1.54, 1.807) is 48.0 Å². The molecule has 174 valence electrons. The Morgan fingerprint density at radius 3 is 2.44 bits per heavy atom. The standard InChI is InChI=1S/C24H21F3N6O/c1-15-12-21(32(31-15)17-10-6-3-7-11-17)30-23(34)18-14-28-33-20(24(25,26)27)13-19(29-22(18)33)16-8-4-2-5-9-16/h2-12,14,19-20,29H,13H2,1H3,(H,30,34)/t19-,20+/m1/s1. The van der Waals surface area contributed by atoms with Crippen LogP contribution in [-0.2, 0) is 0 Å². The summed E-state index contributed by atoms with van der Waals surface area (Å²) in [5, 5.41) is 14.2. The highest BCUT2D eigenvalue weighted by molar-refractivity contribution is 6.07. The first kappa shape index (κ1) is 21.7. The molecule has 0 bridgehead atoms. The van der Waals surface area contributed by atoms with Gasteiger partial charge in [0.2, 0.25) is 0 Å². The van der Waals surface area contributed by atoms with Gasteiger partial charge in [-0.05, 0) is 24.6 Å². The van der Waals surface area contributed by atoms with Crippen molar-refractivity contribution in [1.29, 1.82) is 0 Å². The van der Waals surface area contributed by atoms with E-state index in [-0.39, 0.29) is 17.8 Å². The van der Waals surface area contributed by atoms with Crippen LogP contribution in [0.15, 0.2) is 72.9 Å². The van der Waals surface area contributed by atoms with Crippen molar-refractivity contribution in [2.75, 3.05) is 10.6 Å². The number of amides is 1. The van der Waals surface area contributed by atoms with Crippen LogP contribution in [0.2, 0.25) is 0 Å². The Hall–Kier alpha value is -4.08. The molecule has 0 saturated carbocycles. The third kappa shape index (κ3) is 4.02. The molecule has 7 nitrogen and oxygen atoms in total. The molecule has 34 heavy (non-hydrogen) atoms. The Bertz CT molecular complexity index is 1310.